The molecule has 126 valence electrons. The van der Waals surface area contributed by atoms with Crippen LogP contribution >= 0.6 is 24.8 Å². The number of nitrogens with two attached hydrogens (primary N) is 1. The van der Waals surface area contributed by atoms with Gasteiger partial charge in [-0.15, -0.1) is 12.6 Å². The summed E-state index contributed by atoms with van der Waals surface area (Å²) < 4.78 is 0.513. The summed E-state index contributed by atoms with van der Waals surface area (Å²) in [6, 6.07) is 1.96. The van der Waals surface area contributed by atoms with E-state index in [4.69, 9.17) is 18.0 Å². The number of hydrogen-bond donors (Lipinski definition) is 4. The lowest BCUT2D eigenvalue weighted by Gasteiger charge is -2.31. The molecule has 0 spiro atoms. The van der Waals surface area contributed by atoms with Crippen LogP contribution in [0.1, 0.15) is 31.9 Å². The van der Waals surface area contributed by atoms with E-state index in [2.05, 4.69) is 37.8 Å². The molecule has 23 heavy (non-hydrogen) atoms. The number of thiol groups is 1. The first-order valence-electron chi connectivity index (χ1n) is 7.74. The molecule has 1 aromatic rings. The van der Waals surface area contributed by atoms with Crippen LogP contribution in [0.3, 0.4) is 0 Å². The molecular formula is C15H24N6S2. The highest BCUT2D eigenvalue weighted by Gasteiger charge is 2.17. The van der Waals surface area contributed by atoms with Gasteiger partial charge in [0.05, 0.1) is 0 Å². The zero-order valence-corrected chi connectivity index (χ0v) is 15.3. The molecule has 0 fully saturated rings. The van der Waals surface area contributed by atoms with Crippen LogP contribution in [-0.4, -0.2) is 39.3 Å². The Morgan fingerprint density at radius 3 is 2.87 bits per heavy atom. The number of aliphatic imine (C=N–C) groups is 1. The number of allylic oxidation sites excluding steroid dienone is 1. The van der Waals surface area contributed by atoms with Crippen molar-refractivity contribution in [1.82, 2.24) is 14.9 Å². The number of unbranched alkanes of at least 4 members (excludes halogenated alkanes) is 2. The van der Waals surface area contributed by atoms with Gasteiger partial charge in [-0.05, 0) is 57.5 Å². The van der Waals surface area contributed by atoms with Crippen molar-refractivity contribution in [3.05, 3.63) is 28.3 Å². The fraction of sp³-hybridized carbons (Fsp3) is 0.533. The lowest BCUT2D eigenvalue weighted by molar-refractivity contribution is 0.319. The molecule has 1 atom stereocenters. The number of rotatable bonds is 7. The van der Waals surface area contributed by atoms with Gasteiger partial charge in [0.15, 0.2) is 10.3 Å². The Hall–Kier alpha value is -1.54. The third kappa shape index (κ3) is 5.54. The van der Waals surface area contributed by atoms with Crippen LogP contribution in [0, 0.1) is 11.7 Å². The molecular weight excluding hydrogens is 328 g/mol. The molecule has 0 radical (unpaired) electrons. The fourth-order valence-electron chi connectivity index (χ4n) is 2.48. The summed E-state index contributed by atoms with van der Waals surface area (Å²) in [5, 5.41) is 3.31. The highest BCUT2D eigenvalue weighted by molar-refractivity contribution is 7.80. The van der Waals surface area contributed by atoms with Crippen LogP contribution in [0.2, 0.25) is 0 Å². The first kappa shape index (κ1) is 17.8. The molecule has 1 unspecified atom stereocenters. The topological polar surface area (TPSA) is 82.3 Å². The SMILES string of the molecule is CC1=CC(N)=NC(S)N1CCCCCNc1cc(C)[nH]c(=S)n1. The summed E-state index contributed by atoms with van der Waals surface area (Å²) in [6.45, 7) is 5.83. The number of aromatic amines is 1. The van der Waals surface area contributed by atoms with E-state index < -0.39 is 0 Å². The summed E-state index contributed by atoms with van der Waals surface area (Å²) >= 11 is 9.54. The maximum atomic E-state index is 5.72. The van der Waals surface area contributed by atoms with Crippen molar-refractivity contribution in [1.29, 1.82) is 0 Å². The molecule has 0 bridgehead atoms. The van der Waals surface area contributed by atoms with Crippen molar-refractivity contribution in [3.63, 3.8) is 0 Å². The quantitative estimate of drug-likeness (QED) is 0.345. The first-order chi connectivity index (χ1) is 11.0. The van der Waals surface area contributed by atoms with E-state index in [-0.39, 0.29) is 5.50 Å². The van der Waals surface area contributed by atoms with Crippen LogP contribution in [0.15, 0.2) is 22.8 Å². The zero-order valence-electron chi connectivity index (χ0n) is 13.5. The molecule has 2 heterocycles. The Kier molecular flexibility index (Phi) is 6.47. The normalized spacial score (nSPS) is 17.7. The minimum absolute atomic E-state index is 0.170. The third-order valence-electron chi connectivity index (χ3n) is 3.61. The smallest absolute Gasteiger partial charge is 0.198 e. The molecule has 1 aliphatic rings. The molecule has 0 aromatic carbocycles. The Bertz CT molecular complexity index is 652. The van der Waals surface area contributed by atoms with Crippen molar-refractivity contribution < 1.29 is 0 Å². The Labute approximate surface area is 147 Å². The summed E-state index contributed by atoms with van der Waals surface area (Å²) in [6.07, 6.45) is 5.17. The van der Waals surface area contributed by atoms with E-state index in [0.29, 0.717) is 10.6 Å². The van der Waals surface area contributed by atoms with Gasteiger partial charge in [0.25, 0.3) is 0 Å². The number of nitrogens with zero attached hydrogens (tertiary/aromatic N) is 3. The van der Waals surface area contributed by atoms with E-state index in [1.807, 2.05) is 26.0 Å². The van der Waals surface area contributed by atoms with Gasteiger partial charge < -0.3 is 20.9 Å². The largest absolute Gasteiger partial charge is 0.384 e. The number of anilines is 1. The molecule has 8 heteroatoms. The van der Waals surface area contributed by atoms with Gasteiger partial charge >= 0.3 is 0 Å². The minimum Gasteiger partial charge on any atom is -0.384 e. The Morgan fingerprint density at radius 1 is 1.39 bits per heavy atom. The van der Waals surface area contributed by atoms with Crippen LogP contribution in [-0.2, 0) is 0 Å². The average molecular weight is 353 g/mol. The average Bonchev–Trinajstić information content (AvgIpc) is 2.43. The maximum Gasteiger partial charge on any atom is 0.198 e. The van der Waals surface area contributed by atoms with Crippen molar-refractivity contribution in [2.24, 2.45) is 10.7 Å². The third-order valence-corrected chi connectivity index (χ3v) is 4.20. The minimum atomic E-state index is -0.170. The molecule has 1 aromatic heterocycles. The Balaban J connectivity index is 1.66. The van der Waals surface area contributed by atoms with E-state index >= 15 is 0 Å². The van der Waals surface area contributed by atoms with Crippen LogP contribution in [0.25, 0.3) is 0 Å². The van der Waals surface area contributed by atoms with Crippen molar-refractivity contribution in [3.8, 4) is 0 Å². The summed E-state index contributed by atoms with van der Waals surface area (Å²) in [5.41, 5.74) is 7.69. The maximum absolute atomic E-state index is 5.72. The van der Waals surface area contributed by atoms with Gasteiger partial charge in [0.1, 0.15) is 11.7 Å². The lowest BCUT2D eigenvalue weighted by Crippen LogP contribution is -2.35. The molecule has 2 rings (SSSR count). The zero-order chi connectivity index (χ0) is 16.8. The van der Waals surface area contributed by atoms with Gasteiger partial charge in [-0.1, -0.05) is 0 Å². The van der Waals surface area contributed by atoms with Gasteiger partial charge in [-0.2, -0.15) is 0 Å². The lowest BCUT2D eigenvalue weighted by atomic mass is 10.2. The van der Waals surface area contributed by atoms with Crippen molar-refractivity contribution >= 4 is 36.5 Å². The molecule has 0 aliphatic carbocycles. The second-order valence-electron chi connectivity index (χ2n) is 5.62. The fourth-order valence-corrected chi connectivity index (χ4v) is 3.17. The number of nitrogens with one attached hydrogen (secondary N) is 2. The predicted octanol–water partition coefficient (Wildman–Crippen LogP) is 2.82. The molecule has 1 aliphatic heterocycles. The number of amidine groups is 1. The second-order valence-corrected chi connectivity index (χ2v) is 6.47. The monoisotopic (exact) mass is 352 g/mol. The van der Waals surface area contributed by atoms with Crippen molar-refractivity contribution in [2.75, 3.05) is 18.4 Å². The molecule has 4 N–H and O–H groups in total. The molecule has 0 saturated heterocycles. The van der Waals surface area contributed by atoms with E-state index in [1.165, 1.54) is 0 Å². The summed E-state index contributed by atoms with van der Waals surface area (Å²) in [4.78, 5) is 13.7. The number of hydrogen-bond acceptors (Lipinski definition) is 7. The van der Waals surface area contributed by atoms with Crippen LogP contribution < -0.4 is 11.1 Å². The van der Waals surface area contributed by atoms with E-state index in [1.54, 1.807) is 0 Å². The predicted molar refractivity (Wildman–Crippen MR) is 101 cm³/mol. The van der Waals surface area contributed by atoms with E-state index in [0.717, 1.165) is 49.6 Å². The van der Waals surface area contributed by atoms with E-state index in [9.17, 15) is 0 Å². The molecule has 6 nitrogen and oxygen atoms in total. The number of H-pyrrole nitrogens is 1. The summed E-state index contributed by atoms with van der Waals surface area (Å²) in [7, 11) is 0. The molecule has 0 saturated carbocycles. The van der Waals surface area contributed by atoms with Crippen LogP contribution in [0.5, 0.6) is 0 Å². The van der Waals surface area contributed by atoms with Crippen LogP contribution in [0.4, 0.5) is 5.82 Å². The first-order valence-corrected chi connectivity index (χ1v) is 8.66. The standard InChI is InChI=1S/C15H24N6S2/c1-10-8-13(20-14(22)18-10)17-6-4-3-5-7-21-11(2)9-12(16)19-15(21)23/h8-9,15,23H,3-7H2,1-2H3,(H2,16,19)(H2,17,18,20,22). The number of aromatic nitrogens is 2. The van der Waals surface area contributed by atoms with Gasteiger partial charge in [0, 0.05) is 24.5 Å². The molecule has 0 amide bonds. The highest BCUT2D eigenvalue weighted by Crippen LogP contribution is 2.18. The van der Waals surface area contributed by atoms with Gasteiger partial charge in [0.2, 0.25) is 0 Å². The Morgan fingerprint density at radius 2 is 2.17 bits per heavy atom. The highest BCUT2D eigenvalue weighted by atomic mass is 32.1. The number of aryl methyl sites for hydroxylation is 1. The second kappa shape index (κ2) is 8.35. The van der Waals surface area contributed by atoms with Gasteiger partial charge in [-0.25, -0.2) is 9.98 Å². The summed E-state index contributed by atoms with van der Waals surface area (Å²) in [5.74, 6) is 1.38. The van der Waals surface area contributed by atoms with Crippen molar-refractivity contribution in [2.45, 2.75) is 38.6 Å². The van der Waals surface area contributed by atoms with Gasteiger partial charge in [-0.3, -0.25) is 0 Å².